The number of hydrogen-bond acceptors (Lipinski definition) is 3. The number of carbonyl (C=O) groups excluding carboxylic acids is 1. The molecule has 1 aromatic carbocycles. The first-order chi connectivity index (χ1) is 7.74. The molecule has 1 fully saturated rings. The highest BCUT2D eigenvalue weighted by atomic mass is 32.1. The summed E-state index contributed by atoms with van der Waals surface area (Å²) >= 11 is 1.78. The van der Waals surface area contributed by atoms with Crippen LogP contribution in [-0.4, -0.2) is 10.8 Å². The van der Waals surface area contributed by atoms with Crippen molar-refractivity contribution in [2.45, 2.75) is 32.1 Å². The van der Waals surface area contributed by atoms with Crippen molar-refractivity contribution in [3.63, 3.8) is 0 Å². The Bertz CT molecular complexity index is 554. The monoisotopic (exact) mass is 231 g/mol. The number of rotatable bonds is 2. The fourth-order valence-electron chi connectivity index (χ4n) is 1.99. The van der Waals surface area contributed by atoms with Crippen molar-refractivity contribution in [2.75, 3.05) is 0 Å². The number of ketones is 1. The average Bonchev–Trinajstić information content (AvgIpc) is 2.56. The molecule has 1 heterocycles. The van der Waals surface area contributed by atoms with Crippen LogP contribution >= 0.6 is 11.3 Å². The van der Waals surface area contributed by atoms with E-state index in [9.17, 15) is 4.79 Å². The average molecular weight is 231 g/mol. The van der Waals surface area contributed by atoms with Crippen LogP contribution in [0.3, 0.4) is 0 Å². The van der Waals surface area contributed by atoms with Gasteiger partial charge >= 0.3 is 0 Å². The molecule has 0 radical (unpaired) electrons. The molecule has 1 aromatic heterocycles. The molecule has 3 rings (SSSR count). The molecule has 2 nitrogen and oxygen atoms in total. The molecule has 0 bridgehead atoms. The molecule has 0 atom stereocenters. The zero-order valence-corrected chi connectivity index (χ0v) is 10.0. The molecule has 1 saturated carbocycles. The zero-order valence-electron chi connectivity index (χ0n) is 9.19. The van der Waals surface area contributed by atoms with Crippen LogP contribution in [-0.2, 0) is 0 Å². The first-order valence-corrected chi connectivity index (χ1v) is 6.47. The van der Waals surface area contributed by atoms with Gasteiger partial charge in [-0.1, -0.05) is 6.42 Å². The number of thiazole rings is 1. The second kappa shape index (κ2) is 3.67. The van der Waals surface area contributed by atoms with E-state index in [1.54, 1.807) is 18.3 Å². The third-order valence-corrected chi connectivity index (χ3v) is 4.46. The Morgan fingerprint density at radius 3 is 2.88 bits per heavy atom. The third-order valence-electron chi connectivity index (χ3n) is 3.27. The van der Waals surface area contributed by atoms with Crippen molar-refractivity contribution in [1.82, 2.24) is 4.98 Å². The smallest absolute Gasteiger partial charge is 0.159 e. The third kappa shape index (κ3) is 1.55. The summed E-state index contributed by atoms with van der Waals surface area (Å²) in [5.41, 5.74) is 1.75. The van der Waals surface area contributed by atoms with Gasteiger partial charge in [0, 0.05) is 11.5 Å². The standard InChI is InChI=1S/C13H13NOS/c1-8(15)10-5-6-12-11(7-10)14-13(16-12)9-3-2-4-9/h5-7,9H,2-4H2,1H3. The number of Topliss-reactive ketones (excluding diaryl/α,β-unsaturated/α-hetero) is 1. The summed E-state index contributed by atoms with van der Waals surface area (Å²) in [4.78, 5) is 15.9. The molecule has 0 unspecified atom stereocenters. The summed E-state index contributed by atoms with van der Waals surface area (Å²) in [7, 11) is 0. The lowest BCUT2D eigenvalue weighted by Gasteiger charge is -2.22. The normalized spacial score (nSPS) is 16.3. The number of aromatic nitrogens is 1. The Hall–Kier alpha value is -1.22. The fourth-order valence-corrected chi connectivity index (χ4v) is 3.11. The van der Waals surface area contributed by atoms with Gasteiger partial charge in [-0.05, 0) is 38.0 Å². The van der Waals surface area contributed by atoms with E-state index in [2.05, 4.69) is 4.98 Å². The summed E-state index contributed by atoms with van der Waals surface area (Å²) in [6, 6.07) is 5.83. The molecule has 0 N–H and O–H groups in total. The maximum Gasteiger partial charge on any atom is 0.159 e. The SMILES string of the molecule is CC(=O)c1ccc2sc(C3CCC3)nc2c1. The van der Waals surface area contributed by atoms with Crippen LogP contribution in [0.5, 0.6) is 0 Å². The second-order valence-corrected chi connectivity index (χ2v) is 5.48. The summed E-state index contributed by atoms with van der Waals surface area (Å²) in [6.45, 7) is 1.60. The van der Waals surface area contributed by atoms with Crippen molar-refractivity contribution < 1.29 is 4.79 Å². The fraction of sp³-hybridized carbons (Fsp3) is 0.385. The molecular weight excluding hydrogens is 218 g/mol. The maximum atomic E-state index is 11.3. The molecule has 0 amide bonds. The molecule has 0 spiro atoms. The Kier molecular flexibility index (Phi) is 2.28. The summed E-state index contributed by atoms with van der Waals surface area (Å²) in [5, 5.41) is 1.25. The molecule has 1 aliphatic rings. The first kappa shape index (κ1) is 9.97. The van der Waals surface area contributed by atoms with Crippen molar-refractivity contribution in [3.05, 3.63) is 28.8 Å². The summed E-state index contributed by atoms with van der Waals surface area (Å²) < 4.78 is 1.20. The van der Waals surface area contributed by atoms with Crippen molar-refractivity contribution in [2.24, 2.45) is 0 Å². The van der Waals surface area contributed by atoms with Crippen LogP contribution in [0.1, 0.15) is 47.5 Å². The second-order valence-electron chi connectivity index (χ2n) is 4.42. The van der Waals surface area contributed by atoms with Gasteiger partial charge in [0.15, 0.2) is 5.78 Å². The Labute approximate surface area is 98.3 Å². The molecular formula is C13H13NOS. The van der Waals surface area contributed by atoms with Gasteiger partial charge in [0.25, 0.3) is 0 Å². The van der Waals surface area contributed by atoms with E-state index in [1.807, 2.05) is 18.2 Å². The van der Waals surface area contributed by atoms with E-state index in [1.165, 1.54) is 29.0 Å². The number of benzene rings is 1. The minimum absolute atomic E-state index is 0.111. The van der Waals surface area contributed by atoms with Gasteiger partial charge in [-0.25, -0.2) is 4.98 Å². The lowest BCUT2D eigenvalue weighted by molar-refractivity contribution is 0.101. The van der Waals surface area contributed by atoms with Gasteiger partial charge in [-0.3, -0.25) is 4.79 Å². The van der Waals surface area contributed by atoms with Crippen molar-refractivity contribution >= 4 is 27.3 Å². The zero-order chi connectivity index (χ0) is 11.1. The van der Waals surface area contributed by atoms with E-state index in [0.717, 1.165) is 11.1 Å². The minimum Gasteiger partial charge on any atom is -0.295 e. The predicted octanol–water partition coefficient (Wildman–Crippen LogP) is 3.77. The minimum atomic E-state index is 0.111. The lowest BCUT2D eigenvalue weighted by atomic mass is 9.86. The van der Waals surface area contributed by atoms with Crippen LogP contribution in [0.15, 0.2) is 18.2 Å². The molecule has 0 saturated heterocycles. The van der Waals surface area contributed by atoms with Crippen LogP contribution in [0.4, 0.5) is 0 Å². The van der Waals surface area contributed by atoms with Crippen LogP contribution in [0.25, 0.3) is 10.2 Å². The molecule has 2 aromatic rings. The largest absolute Gasteiger partial charge is 0.295 e. The molecule has 82 valence electrons. The van der Waals surface area contributed by atoms with E-state index in [0.29, 0.717) is 5.92 Å². The van der Waals surface area contributed by atoms with E-state index in [4.69, 9.17) is 0 Å². The van der Waals surface area contributed by atoms with Crippen LogP contribution in [0, 0.1) is 0 Å². The number of fused-ring (bicyclic) bond motifs is 1. The van der Waals surface area contributed by atoms with Crippen molar-refractivity contribution in [3.8, 4) is 0 Å². The Morgan fingerprint density at radius 2 is 2.25 bits per heavy atom. The highest BCUT2D eigenvalue weighted by Gasteiger charge is 2.22. The highest BCUT2D eigenvalue weighted by molar-refractivity contribution is 7.18. The molecule has 1 aliphatic carbocycles. The van der Waals surface area contributed by atoms with Gasteiger partial charge in [-0.15, -0.1) is 11.3 Å². The van der Waals surface area contributed by atoms with Gasteiger partial charge in [-0.2, -0.15) is 0 Å². The highest BCUT2D eigenvalue weighted by Crippen LogP contribution is 2.39. The topological polar surface area (TPSA) is 30.0 Å². The molecule has 16 heavy (non-hydrogen) atoms. The van der Waals surface area contributed by atoms with Crippen LogP contribution in [0.2, 0.25) is 0 Å². The Balaban J connectivity index is 2.06. The first-order valence-electron chi connectivity index (χ1n) is 5.65. The predicted molar refractivity (Wildman–Crippen MR) is 66.2 cm³/mol. The van der Waals surface area contributed by atoms with E-state index >= 15 is 0 Å². The van der Waals surface area contributed by atoms with Gasteiger partial charge in [0.05, 0.1) is 15.2 Å². The summed E-state index contributed by atoms with van der Waals surface area (Å²) in [6.07, 6.45) is 3.89. The molecule has 0 aliphatic heterocycles. The van der Waals surface area contributed by atoms with Gasteiger partial charge in [0.2, 0.25) is 0 Å². The number of carbonyl (C=O) groups is 1. The number of hydrogen-bond donors (Lipinski definition) is 0. The van der Waals surface area contributed by atoms with E-state index < -0.39 is 0 Å². The van der Waals surface area contributed by atoms with E-state index in [-0.39, 0.29) is 5.78 Å². The quantitative estimate of drug-likeness (QED) is 0.736. The molecule has 3 heteroatoms. The van der Waals surface area contributed by atoms with Gasteiger partial charge < -0.3 is 0 Å². The van der Waals surface area contributed by atoms with Crippen LogP contribution < -0.4 is 0 Å². The van der Waals surface area contributed by atoms with Gasteiger partial charge in [0.1, 0.15) is 0 Å². The Morgan fingerprint density at radius 1 is 1.44 bits per heavy atom. The van der Waals surface area contributed by atoms with Crippen molar-refractivity contribution in [1.29, 1.82) is 0 Å². The summed E-state index contributed by atoms with van der Waals surface area (Å²) in [5.74, 6) is 0.790. The maximum absolute atomic E-state index is 11.3. The number of nitrogens with zero attached hydrogens (tertiary/aromatic N) is 1. The lowest BCUT2D eigenvalue weighted by Crippen LogP contribution is -2.07.